The van der Waals surface area contributed by atoms with E-state index in [9.17, 15) is 19.5 Å². The molecular formula is C21H21N3O7. The lowest BCUT2D eigenvalue weighted by atomic mass is 9.90. The zero-order valence-corrected chi connectivity index (χ0v) is 16.8. The van der Waals surface area contributed by atoms with Crippen molar-refractivity contribution in [2.24, 2.45) is 11.7 Å². The summed E-state index contributed by atoms with van der Waals surface area (Å²) in [7, 11) is 2.74. The number of nitrogens with two attached hydrogens (primary N) is 1. The number of benzene rings is 2. The summed E-state index contributed by atoms with van der Waals surface area (Å²) < 4.78 is 10.4. The van der Waals surface area contributed by atoms with Gasteiger partial charge in [0, 0.05) is 0 Å². The number of fused-ring (bicyclic) bond motifs is 1. The van der Waals surface area contributed by atoms with Gasteiger partial charge < -0.3 is 20.3 Å². The first-order valence-corrected chi connectivity index (χ1v) is 9.46. The van der Waals surface area contributed by atoms with E-state index in [1.54, 1.807) is 30.3 Å². The van der Waals surface area contributed by atoms with Crippen molar-refractivity contribution in [3.63, 3.8) is 0 Å². The van der Waals surface area contributed by atoms with Crippen LogP contribution in [-0.4, -0.2) is 54.8 Å². The van der Waals surface area contributed by atoms with Crippen LogP contribution >= 0.6 is 0 Å². The lowest BCUT2D eigenvalue weighted by Crippen LogP contribution is -2.40. The number of para-hydroxylation sites is 1. The van der Waals surface area contributed by atoms with Gasteiger partial charge >= 0.3 is 0 Å². The number of anilines is 1. The van der Waals surface area contributed by atoms with E-state index in [1.807, 2.05) is 0 Å². The number of carbonyl (C=O) groups excluding carboxylic acids is 3. The fourth-order valence-corrected chi connectivity index (χ4v) is 4.05. The van der Waals surface area contributed by atoms with Gasteiger partial charge in [0.05, 0.1) is 31.9 Å². The largest absolute Gasteiger partial charge is 0.502 e. The Balaban J connectivity index is 1.80. The molecular weight excluding hydrogens is 406 g/mol. The third-order valence-electron chi connectivity index (χ3n) is 5.36. The number of methoxy groups -OCH3 is 2. The van der Waals surface area contributed by atoms with Gasteiger partial charge in [-0.05, 0) is 29.8 Å². The standard InChI is InChI=1S/C21H21N3O7/c1-29-13-8-11(9-14(30-2)18(13)26)17-16-19(31-23(17)10-15(22)25)21(28)24(20(16)27)12-6-4-3-5-7-12/h3-9,16-17,19,26H,10H2,1-2H3,(H2,22,25). The summed E-state index contributed by atoms with van der Waals surface area (Å²) in [6, 6.07) is 10.7. The molecule has 2 heterocycles. The highest BCUT2D eigenvalue weighted by Crippen LogP contribution is 2.48. The molecule has 2 aromatic rings. The predicted octanol–water partition coefficient (Wildman–Crippen LogP) is 0.741. The number of phenols is 1. The van der Waals surface area contributed by atoms with Crippen LogP contribution in [0.5, 0.6) is 17.2 Å². The maximum Gasteiger partial charge on any atom is 0.265 e. The van der Waals surface area contributed by atoms with Crippen molar-refractivity contribution >= 4 is 23.4 Å². The van der Waals surface area contributed by atoms with E-state index in [0.29, 0.717) is 11.3 Å². The number of phenolic OH excluding ortho intramolecular Hbond substituents is 1. The maximum atomic E-state index is 13.4. The van der Waals surface area contributed by atoms with Crippen LogP contribution in [-0.2, 0) is 19.2 Å². The molecule has 10 nitrogen and oxygen atoms in total. The fourth-order valence-electron chi connectivity index (χ4n) is 4.05. The minimum absolute atomic E-state index is 0.105. The molecule has 2 aliphatic rings. The zero-order valence-electron chi connectivity index (χ0n) is 16.8. The Morgan fingerprint density at radius 1 is 1.10 bits per heavy atom. The second-order valence-electron chi connectivity index (χ2n) is 7.16. The van der Waals surface area contributed by atoms with Gasteiger partial charge in [-0.25, -0.2) is 4.90 Å². The molecule has 162 valence electrons. The Hall–Kier alpha value is -3.63. The highest BCUT2D eigenvalue weighted by Gasteiger charge is 2.60. The zero-order chi connectivity index (χ0) is 22.3. The van der Waals surface area contributed by atoms with Crippen LogP contribution in [0, 0.1) is 5.92 Å². The van der Waals surface area contributed by atoms with E-state index in [4.69, 9.17) is 20.0 Å². The third-order valence-corrected chi connectivity index (χ3v) is 5.36. The Bertz CT molecular complexity index is 1020. The number of rotatable bonds is 6. The highest BCUT2D eigenvalue weighted by molar-refractivity contribution is 6.23. The first-order valence-electron chi connectivity index (χ1n) is 9.46. The number of nitrogens with zero attached hydrogens (tertiary/aromatic N) is 2. The highest BCUT2D eigenvalue weighted by atomic mass is 16.7. The smallest absolute Gasteiger partial charge is 0.265 e. The van der Waals surface area contributed by atoms with Gasteiger partial charge in [-0.3, -0.25) is 19.2 Å². The summed E-state index contributed by atoms with van der Waals surface area (Å²) in [5.41, 5.74) is 6.24. The van der Waals surface area contributed by atoms with Crippen molar-refractivity contribution in [3.8, 4) is 17.2 Å². The molecule has 0 aliphatic carbocycles. The van der Waals surface area contributed by atoms with Crippen molar-refractivity contribution in [3.05, 3.63) is 48.0 Å². The minimum Gasteiger partial charge on any atom is -0.502 e. The molecule has 2 aliphatic heterocycles. The number of aromatic hydroxyl groups is 1. The lowest BCUT2D eigenvalue weighted by Gasteiger charge is -2.27. The molecule has 3 N–H and O–H groups in total. The van der Waals surface area contributed by atoms with Gasteiger partial charge in [0.1, 0.15) is 6.54 Å². The van der Waals surface area contributed by atoms with E-state index >= 15 is 0 Å². The second kappa shape index (κ2) is 7.89. The number of hydrogen-bond acceptors (Lipinski definition) is 8. The van der Waals surface area contributed by atoms with E-state index in [-0.39, 0.29) is 23.8 Å². The molecule has 0 spiro atoms. The normalized spacial score (nSPS) is 23.2. The van der Waals surface area contributed by atoms with Crippen LogP contribution in [0.15, 0.2) is 42.5 Å². The number of primary amides is 1. The molecule has 0 saturated carbocycles. The van der Waals surface area contributed by atoms with Crippen molar-refractivity contribution in [2.45, 2.75) is 12.1 Å². The summed E-state index contributed by atoms with van der Waals surface area (Å²) >= 11 is 0. The number of imide groups is 1. The second-order valence-corrected chi connectivity index (χ2v) is 7.16. The van der Waals surface area contributed by atoms with Crippen molar-refractivity contribution in [1.82, 2.24) is 5.06 Å². The Morgan fingerprint density at radius 3 is 2.26 bits per heavy atom. The summed E-state index contributed by atoms with van der Waals surface area (Å²) in [6.07, 6.45) is -1.12. The van der Waals surface area contributed by atoms with Crippen LogP contribution in [0.1, 0.15) is 11.6 Å². The number of hydroxylamine groups is 2. The summed E-state index contributed by atoms with van der Waals surface area (Å²) in [6.45, 7) is -0.338. The Labute approximate surface area is 177 Å². The quantitative estimate of drug-likeness (QED) is 0.646. The summed E-state index contributed by atoms with van der Waals surface area (Å²) in [4.78, 5) is 44.9. The minimum atomic E-state index is -1.12. The molecule has 4 rings (SSSR count). The van der Waals surface area contributed by atoms with E-state index in [2.05, 4.69) is 0 Å². The van der Waals surface area contributed by atoms with Gasteiger partial charge in [0.2, 0.25) is 17.6 Å². The van der Waals surface area contributed by atoms with Crippen LogP contribution < -0.4 is 20.1 Å². The van der Waals surface area contributed by atoms with E-state index in [1.165, 1.54) is 31.4 Å². The number of ether oxygens (including phenoxy) is 2. The first kappa shape index (κ1) is 20.6. The SMILES string of the molecule is COc1cc(C2C3C(=O)N(c4ccccc4)C(=O)C3ON2CC(N)=O)cc(OC)c1O. The molecule has 2 fully saturated rings. The molecule has 2 aromatic carbocycles. The van der Waals surface area contributed by atoms with Crippen molar-refractivity contribution in [1.29, 1.82) is 0 Å². The maximum absolute atomic E-state index is 13.4. The Kier molecular flexibility index (Phi) is 5.25. The molecule has 31 heavy (non-hydrogen) atoms. The van der Waals surface area contributed by atoms with Gasteiger partial charge in [-0.15, -0.1) is 0 Å². The van der Waals surface area contributed by atoms with Gasteiger partial charge in [-0.1, -0.05) is 18.2 Å². The van der Waals surface area contributed by atoms with Crippen LogP contribution in [0.25, 0.3) is 0 Å². The van der Waals surface area contributed by atoms with Gasteiger partial charge in [-0.2, -0.15) is 5.06 Å². The third kappa shape index (κ3) is 3.35. The predicted molar refractivity (Wildman–Crippen MR) is 107 cm³/mol. The molecule has 10 heteroatoms. The molecule has 0 bridgehead atoms. The Morgan fingerprint density at radius 2 is 1.71 bits per heavy atom. The number of amides is 3. The fraction of sp³-hybridized carbons (Fsp3) is 0.286. The first-order chi connectivity index (χ1) is 14.9. The monoisotopic (exact) mass is 427 g/mol. The molecule has 2 saturated heterocycles. The van der Waals surface area contributed by atoms with Crippen LogP contribution in [0.3, 0.4) is 0 Å². The molecule has 3 atom stereocenters. The molecule has 0 radical (unpaired) electrons. The summed E-state index contributed by atoms with van der Waals surface area (Å²) in [5.74, 6) is -2.64. The number of hydrogen-bond donors (Lipinski definition) is 2. The van der Waals surface area contributed by atoms with Crippen LogP contribution in [0.2, 0.25) is 0 Å². The van der Waals surface area contributed by atoms with E-state index in [0.717, 1.165) is 4.90 Å². The molecule has 3 unspecified atom stereocenters. The average Bonchev–Trinajstić information content (AvgIpc) is 3.23. The number of carbonyl (C=O) groups is 3. The lowest BCUT2D eigenvalue weighted by molar-refractivity contribution is -0.175. The molecule has 0 aromatic heterocycles. The topological polar surface area (TPSA) is 132 Å². The molecule has 3 amide bonds. The van der Waals surface area contributed by atoms with Crippen LogP contribution in [0.4, 0.5) is 5.69 Å². The van der Waals surface area contributed by atoms with Gasteiger partial charge in [0.15, 0.2) is 17.6 Å². The van der Waals surface area contributed by atoms with Gasteiger partial charge in [0.25, 0.3) is 5.91 Å². The van der Waals surface area contributed by atoms with E-state index < -0.39 is 35.8 Å². The van der Waals surface area contributed by atoms with Crippen molar-refractivity contribution in [2.75, 3.05) is 25.7 Å². The summed E-state index contributed by atoms with van der Waals surface area (Å²) in [5, 5.41) is 11.5. The average molecular weight is 427 g/mol. The van der Waals surface area contributed by atoms with Crippen molar-refractivity contribution < 1.29 is 33.8 Å².